The molecule has 29 heavy (non-hydrogen) atoms. The number of para-hydroxylation sites is 1. The second-order valence-corrected chi connectivity index (χ2v) is 6.61. The number of amides is 2. The van der Waals surface area contributed by atoms with Gasteiger partial charge in [0.05, 0.1) is 23.8 Å². The Balaban J connectivity index is 1.96. The number of rotatable bonds is 5. The first-order valence-electron chi connectivity index (χ1n) is 8.91. The number of primary amides is 2. The molecule has 0 unspecified atom stereocenters. The molecule has 0 saturated heterocycles. The quantitative estimate of drug-likeness (QED) is 0.542. The van der Waals surface area contributed by atoms with Crippen LogP contribution in [0, 0.1) is 6.92 Å². The summed E-state index contributed by atoms with van der Waals surface area (Å²) in [5.41, 5.74) is 14.6. The van der Waals surface area contributed by atoms with Crippen molar-refractivity contribution in [2.45, 2.75) is 13.5 Å². The lowest BCUT2D eigenvalue weighted by atomic mass is 9.94. The molecule has 0 saturated carbocycles. The van der Waals surface area contributed by atoms with Crippen molar-refractivity contribution in [1.82, 2.24) is 19.7 Å². The number of hydrogen-bond donors (Lipinski definition) is 2. The summed E-state index contributed by atoms with van der Waals surface area (Å²) in [4.78, 5) is 33.0. The molecule has 0 atom stereocenters. The van der Waals surface area contributed by atoms with E-state index in [2.05, 4.69) is 15.1 Å². The first-order valence-corrected chi connectivity index (χ1v) is 8.91. The van der Waals surface area contributed by atoms with Gasteiger partial charge in [-0.1, -0.05) is 18.2 Å². The maximum Gasteiger partial charge on any atom is 0.267 e. The topological polar surface area (TPSA) is 130 Å². The van der Waals surface area contributed by atoms with Crippen molar-refractivity contribution in [3.63, 3.8) is 0 Å². The molecule has 2 amide bonds. The Hall–Kier alpha value is -4.07. The van der Waals surface area contributed by atoms with Crippen molar-refractivity contribution in [3.8, 4) is 11.1 Å². The van der Waals surface area contributed by atoms with E-state index in [-0.39, 0.29) is 11.3 Å². The molecule has 4 aromatic rings. The minimum atomic E-state index is -0.741. The van der Waals surface area contributed by atoms with Gasteiger partial charge < -0.3 is 11.5 Å². The molecule has 0 fully saturated rings. The van der Waals surface area contributed by atoms with Crippen molar-refractivity contribution in [2.75, 3.05) is 0 Å². The molecule has 4 N–H and O–H groups in total. The first kappa shape index (κ1) is 18.3. The highest BCUT2D eigenvalue weighted by atomic mass is 16.1. The predicted octanol–water partition coefficient (Wildman–Crippen LogP) is 2.05. The van der Waals surface area contributed by atoms with E-state index in [4.69, 9.17) is 11.5 Å². The van der Waals surface area contributed by atoms with Gasteiger partial charge in [-0.2, -0.15) is 5.10 Å². The second kappa shape index (κ2) is 7.16. The Bertz CT molecular complexity index is 1250. The minimum Gasteiger partial charge on any atom is -0.366 e. The van der Waals surface area contributed by atoms with Gasteiger partial charge in [-0.15, -0.1) is 0 Å². The SMILES string of the molecule is Cc1c(-c2c(C(N)=O)nc3ccccc3c2C(N)=O)cnn1Cc1ccncc1. The zero-order valence-corrected chi connectivity index (χ0v) is 15.7. The Kier molecular flexibility index (Phi) is 4.52. The number of benzene rings is 1. The fourth-order valence-corrected chi connectivity index (χ4v) is 3.42. The van der Waals surface area contributed by atoms with Gasteiger partial charge >= 0.3 is 0 Å². The zero-order chi connectivity index (χ0) is 20.5. The molecule has 0 spiro atoms. The van der Waals surface area contributed by atoms with Gasteiger partial charge in [-0.3, -0.25) is 19.3 Å². The molecule has 0 aliphatic rings. The maximum atomic E-state index is 12.4. The summed E-state index contributed by atoms with van der Waals surface area (Å²) in [6.07, 6.45) is 5.01. The Morgan fingerprint density at radius 3 is 2.45 bits per heavy atom. The third-order valence-electron chi connectivity index (χ3n) is 4.83. The van der Waals surface area contributed by atoms with Gasteiger partial charge in [-0.05, 0) is 30.7 Å². The van der Waals surface area contributed by atoms with Crippen LogP contribution in [0.1, 0.15) is 32.1 Å². The van der Waals surface area contributed by atoms with E-state index >= 15 is 0 Å². The highest BCUT2D eigenvalue weighted by Gasteiger charge is 2.25. The summed E-state index contributed by atoms with van der Waals surface area (Å²) in [6.45, 7) is 2.36. The van der Waals surface area contributed by atoms with Crippen LogP contribution in [-0.2, 0) is 6.54 Å². The van der Waals surface area contributed by atoms with Crippen molar-refractivity contribution in [3.05, 3.63) is 77.5 Å². The standard InChI is InChI=1S/C21H18N6O2/c1-12-15(10-25-27(12)11-13-6-8-24-9-7-13)17-18(20(22)28)14-4-2-3-5-16(14)26-19(17)21(23)29/h2-10H,11H2,1H3,(H2,22,28)(H2,23,29). The molecule has 0 aliphatic carbocycles. The van der Waals surface area contributed by atoms with E-state index in [1.807, 2.05) is 19.1 Å². The van der Waals surface area contributed by atoms with Crippen molar-refractivity contribution < 1.29 is 9.59 Å². The summed E-state index contributed by atoms with van der Waals surface area (Å²) < 4.78 is 1.77. The van der Waals surface area contributed by atoms with Gasteiger partial charge in [0, 0.05) is 34.6 Å². The van der Waals surface area contributed by atoms with Crippen LogP contribution in [0.5, 0.6) is 0 Å². The van der Waals surface area contributed by atoms with Crippen LogP contribution >= 0.6 is 0 Å². The summed E-state index contributed by atoms with van der Waals surface area (Å²) in [6, 6.07) is 10.8. The number of fused-ring (bicyclic) bond motifs is 1. The molecule has 8 nitrogen and oxygen atoms in total. The van der Waals surface area contributed by atoms with Crippen LogP contribution in [0.4, 0.5) is 0 Å². The van der Waals surface area contributed by atoms with Gasteiger partial charge in [0.15, 0.2) is 0 Å². The van der Waals surface area contributed by atoms with E-state index in [1.54, 1.807) is 47.5 Å². The third kappa shape index (κ3) is 3.20. The molecule has 144 valence electrons. The van der Waals surface area contributed by atoms with Crippen LogP contribution < -0.4 is 11.5 Å². The van der Waals surface area contributed by atoms with Crippen molar-refractivity contribution >= 4 is 22.7 Å². The van der Waals surface area contributed by atoms with Crippen LogP contribution in [0.2, 0.25) is 0 Å². The van der Waals surface area contributed by atoms with Crippen molar-refractivity contribution in [1.29, 1.82) is 0 Å². The number of carbonyl (C=O) groups is 2. The summed E-state index contributed by atoms with van der Waals surface area (Å²) in [7, 11) is 0. The normalized spacial score (nSPS) is 10.9. The maximum absolute atomic E-state index is 12.4. The minimum absolute atomic E-state index is 0.0101. The van der Waals surface area contributed by atoms with Gasteiger partial charge in [0.1, 0.15) is 5.69 Å². The molecular weight excluding hydrogens is 368 g/mol. The molecule has 0 aliphatic heterocycles. The molecule has 1 aromatic carbocycles. The largest absolute Gasteiger partial charge is 0.366 e. The fraction of sp³-hybridized carbons (Fsp3) is 0.0952. The van der Waals surface area contributed by atoms with Gasteiger partial charge in [0.2, 0.25) is 5.91 Å². The highest BCUT2D eigenvalue weighted by Crippen LogP contribution is 2.34. The number of hydrogen-bond acceptors (Lipinski definition) is 5. The number of nitrogens with two attached hydrogens (primary N) is 2. The Morgan fingerprint density at radius 1 is 1.03 bits per heavy atom. The zero-order valence-electron chi connectivity index (χ0n) is 15.7. The van der Waals surface area contributed by atoms with Crippen molar-refractivity contribution in [2.24, 2.45) is 11.5 Å². The van der Waals surface area contributed by atoms with E-state index in [0.717, 1.165) is 11.3 Å². The monoisotopic (exact) mass is 386 g/mol. The van der Waals surface area contributed by atoms with E-state index < -0.39 is 11.8 Å². The Labute approximate surface area is 166 Å². The van der Waals surface area contributed by atoms with Gasteiger partial charge in [0.25, 0.3) is 5.91 Å². The van der Waals surface area contributed by atoms with Crippen LogP contribution in [-0.4, -0.2) is 31.6 Å². The lowest BCUT2D eigenvalue weighted by Crippen LogP contribution is -2.20. The van der Waals surface area contributed by atoms with E-state index in [9.17, 15) is 9.59 Å². The van der Waals surface area contributed by atoms with E-state index in [1.165, 1.54) is 0 Å². The predicted molar refractivity (Wildman–Crippen MR) is 108 cm³/mol. The lowest BCUT2D eigenvalue weighted by molar-refractivity contribution is 0.0996. The lowest BCUT2D eigenvalue weighted by Gasteiger charge is -2.14. The summed E-state index contributed by atoms with van der Waals surface area (Å²) in [5.74, 6) is -1.41. The average molecular weight is 386 g/mol. The molecule has 3 heterocycles. The van der Waals surface area contributed by atoms with Crippen LogP contribution in [0.3, 0.4) is 0 Å². The number of nitrogens with zero attached hydrogens (tertiary/aromatic N) is 4. The average Bonchev–Trinajstić information content (AvgIpc) is 3.07. The van der Waals surface area contributed by atoms with Gasteiger partial charge in [-0.25, -0.2) is 4.98 Å². The van der Waals surface area contributed by atoms with E-state index in [0.29, 0.717) is 28.6 Å². The fourth-order valence-electron chi connectivity index (χ4n) is 3.42. The highest BCUT2D eigenvalue weighted by molar-refractivity contribution is 6.15. The molecule has 3 aromatic heterocycles. The number of pyridine rings is 2. The molecule has 0 radical (unpaired) electrons. The summed E-state index contributed by atoms with van der Waals surface area (Å²) in [5, 5.41) is 4.99. The third-order valence-corrected chi connectivity index (χ3v) is 4.83. The van der Waals surface area contributed by atoms with Crippen LogP contribution in [0.15, 0.2) is 55.0 Å². The molecule has 4 rings (SSSR count). The smallest absolute Gasteiger partial charge is 0.267 e. The van der Waals surface area contributed by atoms with Crippen LogP contribution in [0.25, 0.3) is 22.0 Å². The first-order chi connectivity index (χ1) is 14.0. The molecule has 8 heteroatoms. The summed E-state index contributed by atoms with van der Waals surface area (Å²) >= 11 is 0. The number of aromatic nitrogens is 4. The Morgan fingerprint density at radius 2 is 1.76 bits per heavy atom. The second-order valence-electron chi connectivity index (χ2n) is 6.61. The molecular formula is C21H18N6O2. The molecule has 0 bridgehead atoms. The number of carbonyl (C=O) groups excluding carboxylic acids is 2.